The predicted octanol–water partition coefficient (Wildman–Crippen LogP) is 2.68. The number of aromatic nitrogens is 2. The van der Waals surface area contributed by atoms with Crippen LogP contribution in [0.25, 0.3) is 0 Å². The van der Waals surface area contributed by atoms with Crippen LogP contribution in [0.2, 0.25) is 0 Å². The second kappa shape index (κ2) is 7.44. The Hall–Kier alpha value is -2.19. The van der Waals surface area contributed by atoms with E-state index in [1.54, 1.807) is 13.8 Å². The van der Waals surface area contributed by atoms with Gasteiger partial charge in [0, 0.05) is 24.7 Å². The van der Waals surface area contributed by atoms with Gasteiger partial charge in [-0.25, -0.2) is 8.42 Å². The molecule has 8 heteroatoms. The highest BCUT2D eigenvalue weighted by Gasteiger charge is 2.34. The van der Waals surface area contributed by atoms with E-state index in [-0.39, 0.29) is 16.7 Å². The van der Waals surface area contributed by atoms with Crippen molar-refractivity contribution in [1.29, 1.82) is 0 Å². The highest BCUT2D eigenvalue weighted by molar-refractivity contribution is 7.89. The van der Waals surface area contributed by atoms with Gasteiger partial charge in [-0.15, -0.1) is 0 Å². The van der Waals surface area contributed by atoms with Gasteiger partial charge in [-0.05, 0) is 57.7 Å². The molecule has 2 heterocycles. The SMILES string of the molecule is Cc1cccc(NC(=O)C2CCN(S(=O)(=O)c3c(C)n[nH]c3C)CC2)c1C. The topological polar surface area (TPSA) is 95.2 Å². The van der Waals surface area contributed by atoms with Crippen molar-refractivity contribution in [1.82, 2.24) is 14.5 Å². The lowest BCUT2D eigenvalue weighted by atomic mass is 9.97. The number of rotatable bonds is 4. The molecule has 7 nitrogen and oxygen atoms in total. The zero-order valence-electron chi connectivity index (χ0n) is 16.2. The van der Waals surface area contributed by atoms with Gasteiger partial charge >= 0.3 is 0 Å². The number of nitrogens with zero attached hydrogens (tertiary/aromatic N) is 2. The van der Waals surface area contributed by atoms with Crippen LogP contribution in [0, 0.1) is 33.6 Å². The number of carbonyl (C=O) groups is 1. The quantitative estimate of drug-likeness (QED) is 0.839. The number of hydrogen-bond acceptors (Lipinski definition) is 4. The highest BCUT2D eigenvalue weighted by Crippen LogP contribution is 2.28. The molecule has 0 unspecified atom stereocenters. The summed E-state index contributed by atoms with van der Waals surface area (Å²) in [7, 11) is -3.59. The van der Waals surface area contributed by atoms with E-state index in [9.17, 15) is 13.2 Å². The Morgan fingerprint density at radius 1 is 1.19 bits per heavy atom. The van der Waals surface area contributed by atoms with E-state index in [4.69, 9.17) is 0 Å². The van der Waals surface area contributed by atoms with Crippen molar-refractivity contribution in [2.24, 2.45) is 5.92 Å². The van der Waals surface area contributed by atoms with Gasteiger partial charge in [0.05, 0.1) is 11.4 Å². The first-order chi connectivity index (χ1) is 12.7. The minimum Gasteiger partial charge on any atom is -0.326 e. The lowest BCUT2D eigenvalue weighted by Crippen LogP contribution is -2.41. The number of benzene rings is 1. The minimum atomic E-state index is -3.59. The van der Waals surface area contributed by atoms with Gasteiger partial charge in [0.2, 0.25) is 15.9 Å². The van der Waals surface area contributed by atoms with Crippen molar-refractivity contribution < 1.29 is 13.2 Å². The number of anilines is 1. The van der Waals surface area contributed by atoms with E-state index in [0.717, 1.165) is 16.8 Å². The second-order valence-corrected chi connectivity index (χ2v) is 9.05. The molecular weight excluding hydrogens is 364 g/mol. The largest absolute Gasteiger partial charge is 0.326 e. The number of aryl methyl sites for hydroxylation is 3. The molecule has 0 saturated carbocycles. The van der Waals surface area contributed by atoms with Crippen LogP contribution in [0.4, 0.5) is 5.69 Å². The number of amides is 1. The number of carbonyl (C=O) groups excluding carboxylic acids is 1. The fourth-order valence-corrected chi connectivity index (χ4v) is 5.33. The van der Waals surface area contributed by atoms with Crippen LogP contribution in [0.3, 0.4) is 0 Å². The van der Waals surface area contributed by atoms with Gasteiger partial charge in [-0.2, -0.15) is 9.40 Å². The highest BCUT2D eigenvalue weighted by atomic mass is 32.2. The van der Waals surface area contributed by atoms with Crippen LogP contribution >= 0.6 is 0 Å². The number of H-pyrrole nitrogens is 1. The van der Waals surface area contributed by atoms with E-state index >= 15 is 0 Å². The first-order valence-electron chi connectivity index (χ1n) is 9.10. The fourth-order valence-electron chi connectivity index (χ4n) is 3.53. The average Bonchev–Trinajstić information content (AvgIpc) is 2.98. The molecule has 0 atom stereocenters. The van der Waals surface area contributed by atoms with E-state index < -0.39 is 10.0 Å². The molecule has 3 rings (SSSR count). The summed E-state index contributed by atoms with van der Waals surface area (Å²) in [4.78, 5) is 12.9. The average molecular weight is 391 g/mol. The number of aromatic amines is 1. The predicted molar refractivity (Wildman–Crippen MR) is 104 cm³/mol. The van der Waals surface area contributed by atoms with Crippen molar-refractivity contribution in [2.45, 2.75) is 45.4 Å². The summed E-state index contributed by atoms with van der Waals surface area (Å²) >= 11 is 0. The van der Waals surface area contributed by atoms with Crippen LogP contribution in [0.1, 0.15) is 35.4 Å². The maximum atomic E-state index is 12.9. The Morgan fingerprint density at radius 3 is 2.44 bits per heavy atom. The number of piperidine rings is 1. The first kappa shape index (κ1) is 19.6. The third kappa shape index (κ3) is 3.77. The Kier molecular flexibility index (Phi) is 5.39. The lowest BCUT2D eigenvalue weighted by molar-refractivity contribution is -0.120. The van der Waals surface area contributed by atoms with Gasteiger partial charge in [0.1, 0.15) is 4.90 Å². The Labute approximate surface area is 160 Å². The molecule has 1 aliphatic rings. The Bertz CT molecular complexity index is 938. The molecule has 1 saturated heterocycles. The minimum absolute atomic E-state index is 0.0450. The summed E-state index contributed by atoms with van der Waals surface area (Å²) in [5.41, 5.74) is 4.01. The fraction of sp³-hybridized carbons (Fsp3) is 0.474. The maximum Gasteiger partial charge on any atom is 0.246 e. The number of sulfonamides is 1. The molecule has 27 heavy (non-hydrogen) atoms. The van der Waals surface area contributed by atoms with Crippen molar-refractivity contribution in [3.63, 3.8) is 0 Å². The molecule has 0 bridgehead atoms. The summed E-state index contributed by atoms with van der Waals surface area (Å²) < 4.78 is 27.3. The molecule has 0 aliphatic carbocycles. The van der Waals surface area contributed by atoms with Crippen molar-refractivity contribution >= 4 is 21.6 Å². The second-order valence-electron chi connectivity index (χ2n) is 7.18. The van der Waals surface area contributed by atoms with Gasteiger partial charge in [0.25, 0.3) is 0 Å². The summed E-state index contributed by atoms with van der Waals surface area (Å²) in [6.45, 7) is 8.04. The molecule has 1 fully saturated rings. The summed E-state index contributed by atoms with van der Waals surface area (Å²) in [5.74, 6) is -0.237. The van der Waals surface area contributed by atoms with E-state index in [0.29, 0.717) is 37.3 Å². The molecule has 1 aromatic carbocycles. The summed E-state index contributed by atoms with van der Waals surface area (Å²) in [6.07, 6.45) is 1.01. The molecular formula is C19H26N4O3S. The molecule has 2 N–H and O–H groups in total. The molecule has 0 spiro atoms. The molecule has 146 valence electrons. The smallest absolute Gasteiger partial charge is 0.246 e. The summed E-state index contributed by atoms with van der Waals surface area (Å²) in [6, 6.07) is 5.82. The maximum absolute atomic E-state index is 12.9. The van der Waals surface area contributed by atoms with Crippen LogP contribution in [0.5, 0.6) is 0 Å². The van der Waals surface area contributed by atoms with Crippen molar-refractivity contribution in [3.8, 4) is 0 Å². The van der Waals surface area contributed by atoms with Crippen molar-refractivity contribution in [3.05, 3.63) is 40.7 Å². The monoisotopic (exact) mass is 390 g/mol. The van der Waals surface area contributed by atoms with Crippen LogP contribution in [-0.2, 0) is 14.8 Å². The molecule has 1 amide bonds. The number of hydrogen-bond donors (Lipinski definition) is 2. The molecule has 1 aromatic heterocycles. The first-order valence-corrected chi connectivity index (χ1v) is 10.5. The Balaban J connectivity index is 1.66. The normalized spacial score (nSPS) is 16.4. The van der Waals surface area contributed by atoms with E-state index in [1.807, 2.05) is 32.0 Å². The zero-order valence-corrected chi connectivity index (χ0v) is 17.0. The lowest BCUT2D eigenvalue weighted by Gasteiger charge is -2.30. The number of nitrogens with one attached hydrogen (secondary N) is 2. The van der Waals surface area contributed by atoms with E-state index in [2.05, 4.69) is 15.5 Å². The summed E-state index contributed by atoms with van der Waals surface area (Å²) in [5, 5.41) is 9.71. The van der Waals surface area contributed by atoms with Gasteiger partial charge in [-0.3, -0.25) is 9.89 Å². The third-order valence-electron chi connectivity index (χ3n) is 5.35. The zero-order chi connectivity index (χ0) is 19.8. The van der Waals surface area contributed by atoms with Gasteiger partial charge in [-0.1, -0.05) is 12.1 Å². The van der Waals surface area contributed by atoms with Crippen LogP contribution < -0.4 is 5.32 Å². The van der Waals surface area contributed by atoms with Crippen LogP contribution in [-0.4, -0.2) is 41.9 Å². The molecule has 0 radical (unpaired) electrons. The third-order valence-corrected chi connectivity index (χ3v) is 7.51. The molecule has 1 aliphatic heterocycles. The van der Waals surface area contributed by atoms with Crippen molar-refractivity contribution in [2.75, 3.05) is 18.4 Å². The Morgan fingerprint density at radius 2 is 1.85 bits per heavy atom. The van der Waals surface area contributed by atoms with E-state index in [1.165, 1.54) is 4.31 Å². The van der Waals surface area contributed by atoms with Gasteiger partial charge < -0.3 is 5.32 Å². The van der Waals surface area contributed by atoms with Gasteiger partial charge in [0.15, 0.2) is 0 Å². The standard InChI is InChI=1S/C19H26N4O3S/c1-12-6-5-7-17(13(12)2)20-19(24)16-8-10-23(11-9-16)27(25,26)18-14(3)21-22-15(18)4/h5-7,16H,8-11H2,1-4H3,(H,20,24)(H,21,22). The molecule has 2 aromatic rings. The van der Waals surface area contributed by atoms with Crippen LogP contribution in [0.15, 0.2) is 23.1 Å².